The van der Waals surface area contributed by atoms with Crippen LogP contribution in [-0.4, -0.2) is 51.0 Å². The van der Waals surface area contributed by atoms with Crippen molar-refractivity contribution in [2.45, 2.75) is 50.9 Å². The molecular formula is C19H26N4O2S. The van der Waals surface area contributed by atoms with Gasteiger partial charge in [0.25, 0.3) is 0 Å². The van der Waals surface area contributed by atoms with Crippen LogP contribution in [0.25, 0.3) is 11.4 Å². The van der Waals surface area contributed by atoms with E-state index < -0.39 is 0 Å². The normalized spacial score (nSPS) is 17.3. The van der Waals surface area contributed by atoms with E-state index in [1.54, 1.807) is 7.11 Å². The Hall–Kier alpha value is -2.02. The molecule has 0 aliphatic carbocycles. The Morgan fingerprint density at radius 2 is 2.04 bits per heavy atom. The number of carbonyl (C=O) groups is 1. The number of aromatic nitrogens is 3. The molecule has 0 radical (unpaired) electrons. The zero-order chi connectivity index (χ0) is 18.5. The number of piperidine rings is 1. The van der Waals surface area contributed by atoms with Crippen molar-refractivity contribution in [3.8, 4) is 17.1 Å². The van der Waals surface area contributed by atoms with Crippen molar-refractivity contribution in [2.24, 2.45) is 0 Å². The van der Waals surface area contributed by atoms with Crippen LogP contribution in [0.2, 0.25) is 0 Å². The third-order valence-electron chi connectivity index (χ3n) is 4.83. The average molecular weight is 375 g/mol. The fraction of sp³-hybridized carbons (Fsp3) is 0.526. The van der Waals surface area contributed by atoms with Crippen LogP contribution in [0.4, 0.5) is 0 Å². The smallest absolute Gasteiger partial charge is 0.233 e. The van der Waals surface area contributed by atoms with Gasteiger partial charge in [0.05, 0.1) is 12.9 Å². The molecule has 0 N–H and O–H groups in total. The minimum Gasteiger partial charge on any atom is -0.497 e. The van der Waals surface area contributed by atoms with E-state index in [4.69, 9.17) is 4.74 Å². The van der Waals surface area contributed by atoms with Crippen LogP contribution < -0.4 is 4.74 Å². The third kappa shape index (κ3) is 4.03. The van der Waals surface area contributed by atoms with Gasteiger partial charge in [-0.25, -0.2) is 0 Å². The van der Waals surface area contributed by atoms with Crippen molar-refractivity contribution >= 4 is 17.7 Å². The number of nitrogens with zero attached hydrogens (tertiary/aromatic N) is 4. The van der Waals surface area contributed by atoms with Gasteiger partial charge in [-0.15, -0.1) is 10.2 Å². The lowest BCUT2D eigenvalue weighted by atomic mass is 10.0. The highest BCUT2D eigenvalue weighted by Gasteiger charge is 2.24. The van der Waals surface area contributed by atoms with Gasteiger partial charge in [-0.05, 0) is 57.4 Å². The number of likely N-dealkylation sites (tertiary alicyclic amines) is 1. The van der Waals surface area contributed by atoms with Crippen LogP contribution in [0.5, 0.6) is 5.75 Å². The van der Waals surface area contributed by atoms with E-state index in [1.807, 2.05) is 29.2 Å². The molecule has 7 heteroatoms. The molecule has 3 rings (SSSR count). The second-order valence-electron chi connectivity index (χ2n) is 6.50. The summed E-state index contributed by atoms with van der Waals surface area (Å²) in [6.07, 6.45) is 3.42. The molecule has 26 heavy (non-hydrogen) atoms. The van der Waals surface area contributed by atoms with Gasteiger partial charge in [0.15, 0.2) is 11.0 Å². The molecule has 1 fully saturated rings. The molecule has 1 aliphatic heterocycles. The molecule has 2 aromatic rings. The Morgan fingerprint density at radius 1 is 1.27 bits per heavy atom. The molecule has 2 heterocycles. The van der Waals surface area contributed by atoms with E-state index in [0.717, 1.165) is 48.2 Å². The Balaban J connectivity index is 1.70. The van der Waals surface area contributed by atoms with Crippen molar-refractivity contribution in [1.29, 1.82) is 0 Å². The number of thioether (sulfide) groups is 1. The molecule has 0 bridgehead atoms. The number of hydrogen-bond donors (Lipinski definition) is 0. The number of rotatable bonds is 6. The van der Waals surface area contributed by atoms with Crippen LogP contribution in [0.1, 0.15) is 33.1 Å². The summed E-state index contributed by atoms with van der Waals surface area (Å²) in [5, 5.41) is 9.45. The monoisotopic (exact) mass is 374 g/mol. The lowest BCUT2D eigenvalue weighted by Crippen LogP contribution is -2.43. The van der Waals surface area contributed by atoms with Gasteiger partial charge in [-0.1, -0.05) is 11.8 Å². The first-order valence-electron chi connectivity index (χ1n) is 9.14. The predicted molar refractivity (Wildman–Crippen MR) is 103 cm³/mol. The number of benzene rings is 1. The lowest BCUT2D eigenvalue weighted by molar-refractivity contribution is -0.131. The van der Waals surface area contributed by atoms with Gasteiger partial charge < -0.3 is 14.2 Å². The van der Waals surface area contributed by atoms with Crippen molar-refractivity contribution < 1.29 is 9.53 Å². The first kappa shape index (κ1) is 18.8. The molecule has 1 aromatic heterocycles. The Labute approximate surface area is 158 Å². The van der Waals surface area contributed by atoms with E-state index >= 15 is 0 Å². The highest BCUT2D eigenvalue weighted by Crippen LogP contribution is 2.26. The summed E-state index contributed by atoms with van der Waals surface area (Å²) < 4.78 is 7.26. The molecule has 1 aliphatic rings. The minimum absolute atomic E-state index is 0.193. The van der Waals surface area contributed by atoms with Gasteiger partial charge in [0.1, 0.15) is 5.75 Å². The van der Waals surface area contributed by atoms with E-state index in [-0.39, 0.29) is 5.91 Å². The maximum Gasteiger partial charge on any atom is 0.233 e. The second kappa shape index (κ2) is 8.58. The van der Waals surface area contributed by atoms with Crippen molar-refractivity contribution in [2.75, 3.05) is 19.4 Å². The SMILES string of the molecule is CCn1c(SCC(=O)N2CCCC[C@H]2C)nnc1-c1ccc(OC)cc1. The summed E-state index contributed by atoms with van der Waals surface area (Å²) in [6.45, 7) is 5.83. The first-order chi connectivity index (χ1) is 12.6. The summed E-state index contributed by atoms with van der Waals surface area (Å²) in [4.78, 5) is 14.6. The molecule has 0 spiro atoms. The van der Waals surface area contributed by atoms with Gasteiger partial charge >= 0.3 is 0 Å². The van der Waals surface area contributed by atoms with Gasteiger partial charge in [0.2, 0.25) is 5.91 Å². The topological polar surface area (TPSA) is 60.2 Å². The van der Waals surface area contributed by atoms with Gasteiger partial charge in [-0.3, -0.25) is 4.79 Å². The van der Waals surface area contributed by atoms with Crippen LogP contribution in [0.3, 0.4) is 0 Å². The average Bonchev–Trinajstić information content (AvgIpc) is 3.09. The fourth-order valence-corrected chi connectivity index (χ4v) is 4.20. The van der Waals surface area contributed by atoms with Crippen LogP contribution in [-0.2, 0) is 11.3 Å². The summed E-state index contributed by atoms with van der Waals surface area (Å²) in [5.41, 5.74) is 0.989. The fourth-order valence-electron chi connectivity index (χ4n) is 3.31. The number of ether oxygens (including phenoxy) is 1. The molecule has 0 saturated carbocycles. The third-order valence-corrected chi connectivity index (χ3v) is 5.78. The lowest BCUT2D eigenvalue weighted by Gasteiger charge is -2.33. The predicted octanol–water partition coefficient (Wildman–Crippen LogP) is 3.47. The van der Waals surface area contributed by atoms with Gasteiger partial charge in [-0.2, -0.15) is 0 Å². The largest absolute Gasteiger partial charge is 0.497 e. The van der Waals surface area contributed by atoms with E-state index in [2.05, 4.69) is 28.6 Å². The molecule has 1 amide bonds. The molecule has 0 unspecified atom stereocenters. The standard InChI is InChI=1S/C19H26N4O2S/c1-4-22-18(15-8-10-16(25-3)11-9-15)20-21-19(22)26-13-17(24)23-12-6-5-7-14(23)2/h8-11,14H,4-7,12-13H2,1-3H3/t14-/m1/s1. The van der Waals surface area contributed by atoms with Gasteiger partial charge in [0, 0.05) is 24.7 Å². The summed E-state index contributed by atoms with van der Waals surface area (Å²) >= 11 is 1.47. The van der Waals surface area contributed by atoms with E-state index in [1.165, 1.54) is 18.2 Å². The molecule has 1 aromatic carbocycles. The van der Waals surface area contributed by atoms with Crippen molar-refractivity contribution in [3.05, 3.63) is 24.3 Å². The van der Waals surface area contributed by atoms with Crippen molar-refractivity contribution in [1.82, 2.24) is 19.7 Å². The second-order valence-corrected chi connectivity index (χ2v) is 7.44. The van der Waals surface area contributed by atoms with E-state index in [9.17, 15) is 4.79 Å². The molecular weight excluding hydrogens is 348 g/mol. The maximum absolute atomic E-state index is 12.6. The highest BCUT2D eigenvalue weighted by molar-refractivity contribution is 7.99. The number of amides is 1. The Morgan fingerprint density at radius 3 is 2.69 bits per heavy atom. The van der Waals surface area contributed by atoms with Crippen LogP contribution >= 0.6 is 11.8 Å². The zero-order valence-electron chi connectivity index (χ0n) is 15.6. The van der Waals surface area contributed by atoms with Crippen molar-refractivity contribution in [3.63, 3.8) is 0 Å². The van der Waals surface area contributed by atoms with Crippen LogP contribution in [0.15, 0.2) is 29.4 Å². The molecule has 1 saturated heterocycles. The summed E-state index contributed by atoms with van der Waals surface area (Å²) in [7, 11) is 1.65. The quantitative estimate of drug-likeness (QED) is 0.725. The number of methoxy groups -OCH3 is 1. The molecule has 1 atom stereocenters. The maximum atomic E-state index is 12.6. The minimum atomic E-state index is 0.193. The highest BCUT2D eigenvalue weighted by atomic mass is 32.2. The Kier molecular flexibility index (Phi) is 6.19. The zero-order valence-corrected chi connectivity index (χ0v) is 16.5. The molecule has 6 nitrogen and oxygen atoms in total. The van der Waals surface area contributed by atoms with Crippen LogP contribution in [0, 0.1) is 0 Å². The van der Waals surface area contributed by atoms with E-state index in [0.29, 0.717) is 11.8 Å². The summed E-state index contributed by atoms with van der Waals surface area (Å²) in [6, 6.07) is 8.13. The molecule has 140 valence electrons. The first-order valence-corrected chi connectivity index (χ1v) is 10.1. The number of carbonyl (C=O) groups excluding carboxylic acids is 1. The Bertz CT molecular complexity index is 744. The summed E-state index contributed by atoms with van der Waals surface area (Å²) in [5.74, 6) is 2.23. The number of hydrogen-bond acceptors (Lipinski definition) is 5.